The summed E-state index contributed by atoms with van der Waals surface area (Å²) in [4.78, 5) is 31.8. The molecule has 3 aliphatic rings. The first-order chi connectivity index (χ1) is 10.3. The number of hydrogen-bond donors (Lipinski definition) is 1. The van der Waals surface area contributed by atoms with Crippen LogP contribution >= 0.6 is 11.8 Å². The molecule has 3 fully saturated rings. The van der Waals surface area contributed by atoms with E-state index >= 15 is 0 Å². The molecule has 7 heteroatoms. The lowest BCUT2D eigenvalue weighted by atomic mass is 9.84. The summed E-state index contributed by atoms with van der Waals surface area (Å²) in [6.07, 6.45) is 4.67. The van der Waals surface area contributed by atoms with Crippen molar-refractivity contribution in [3.8, 4) is 0 Å². The molecule has 118 valence electrons. The monoisotopic (exact) mass is 314 g/mol. The number of carbonyl (C=O) groups is 2. The number of thioether (sulfide) groups is 1. The molecule has 2 amide bonds. The van der Waals surface area contributed by atoms with Crippen LogP contribution in [0.4, 0.5) is 0 Å². The van der Waals surface area contributed by atoms with Crippen molar-refractivity contribution in [3.05, 3.63) is 0 Å². The van der Waals surface area contributed by atoms with Gasteiger partial charge in [0.25, 0.3) is 5.91 Å². The van der Waals surface area contributed by atoms with Crippen molar-refractivity contribution in [2.45, 2.75) is 44.2 Å². The zero-order chi connectivity index (χ0) is 14.7. The molecule has 0 spiro atoms. The van der Waals surface area contributed by atoms with E-state index in [0.717, 1.165) is 32.1 Å². The fourth-order valence-corrected chi connectivity index (χ4v) is 3.93. The van der Waals surface area contributed by atoms with E-state index < -0.39 is 0 Å². The standard InChI is InChI=1S/C14H22N2O4S/c17-13(15-20-11-4-6-19-7-5-11)12-8-21-9-16(12)14(18)10-2-1-3-10/h10-12H,1-9H2,(H,15,17). The molecule has 1 unspecified atom stereocenters. The number of hydroxylamine groups is 1. The SMILES string of the molecule is O=C(NOC1CCOCC1)C1CSCN1C(=O)C1CCC1. The van der Waals surface area contributed by atoms with Gasteiger partial charge in [0.05, 0.1) is 12.0 Å². The number of nitrogens with zero attached hydrogens (tertiary/aromatic N) is 1. The van der Waals surface area contributed by atoms with Crippen LogP contribution in [0.1, 0.15) is 32.1 Å². The van der Waals surface area contributed by atoms with Crippen LogP contribution in [-0.4, -0.2) is 53.7 Å². The van der Waals surface area contributed by atoms with E-state index in [2.05, 4.69) is 5.48 Å². The van der Waals surface area contributed by atoms with E-state index in [1.165, 1.54) is 0 Å². The van der Waals surface area contributed by atoms with E-state index in [0.29, 0.717) is 24.8 Å². The molecule has 1 N–H and O–H groups in total. The van der Waals surface area contributed by atoms with E-state index in [4.69, 9.17) is 9.57 Å². The van der Waals surface area contributed by atoms with Crippen LogP contribution in [0.2, 0.25) is 0 Å². The molecule has 6 nitrogen and oxygen atoms in total. The quantitative estimate of drug-likeness (QED) is 0.782. The minimum atomic E-state index is -0.386. The number of rotatable bonds is 4. The Morgan fingerprint density at radius 3 is 2.62 bits per heavy atom. The Hall–Kier alpha value is -0.790. The van der Waals surface area contributed by atoms with Gasteiger partial charge >= 0.3 is 0 Å². The van der Waals surface area contributed by atoms with Crippen LogP contribution in [-0.2, 0) is 19.2 Å². The number of hydrogen-bond acceptors (Lipinski definition) is 5. The second-order valence-electron chi connectivity index (χ2n) is 5.85. The summed E-state index contributed by atoms with van der Waals surface area (Å²) in [5.41, 5.74) is 2.55. The average Bonchev–Trinajstić information content (AvgIpc) is 2.93. The van der Waals surface area contributed by atoms with Crippen molar-refractivity contribution in [1.82, 2.24) is 10.4 Å². The van der Waals surface area contributed by atoms with Crippen molar-refractivity contribution in [2.24, 2.45) is 5.92 Å². The van der Waals surface area contributed by atoms with Crippen LogP contribution in [0, 0.1) is 5.92 Å². The van der Waals surface area contributed by atoms with Crippen LogP contribution in [0.3, 0.4) is 0 Å². The Labute approximate surface area is 128 Å². The van der Waals surface area contributed by atoms with Crippen LogP contribution in [0.25, 0.3) is 0 Å². The topological polar surface area (TPSA) is 67.9 Å². The lowest BCUT2D eigenvalue weighted by molar-refractivity contribution is -0.153. The average molecular weight is 314 g/mol. The van der Waals surface area contributed by atoms with Gasteiger partial charge < -0.3 is 9.64 Å². The van der Waals surface area contributed by atoms with Gasteiger partial charge in [-0.2, -0.15) is 0 Å². The summed E-state index contributed by atoms with van der Waals surface area (Å²) in [6.45, 7) is 1.35. The third kappa shape index (κ3) is 3.52. The van der Waals surface area contributed by atoms with Gasteiger partial charge in [0.15, 0.2) is 0 Å². The Bertz CT molecular complexity index is 396. The van der Waals surface area contributed by atoms with Crippen molar-refractivity contribution >= 4 is 23.6 Å². The first-order valence-corrected chi connectivity index (χ1v) is 8.82. The number of amides is 2. The van der Waals surface area contributed by atoms with Crippen molar-refractivity contribution in [1.29, 1.82) is 0 Å². The van der Waals surface area contributed by atoms with Crippen molar-refractivity contribution in [3.63, 3.8) is 0 Å². The van der Waals surface area contributed by atoms with E-state index in [1.54, 1.807) is 16.7 Å². The number of carbonyl (C=O) groups excluding carboxylic acids is 2. The third-order valence-corrected chi connectivity index (χ3v) is 5.43. The van der Waals surface area contributed by atoms with E-state index in [-0.39, 0.29) is 29.9 Å². The molecule has 21 heavy (non-hydrogen) atoms. The molecule has 1 saturated carbocycles. The molecule has 0 bridgehead atoms. The van der Waals surface area contributed by atoms with Crippen LogP contribution in [0.5, 0.6) is 0 Å². The lowest BCUT2D eigenvalue weighted by Crippen LogP contribution is -2.50. The molecule has 0 aromatic heterocycles. The highest BCUT2D eigenvalue weighted by Gasteiger charge is 2.39. The fourth-order valence-electron chi connectivity index (χ4n) is 2.77. The minimum absolute atomic E-state index is 0.0209. The van der Waals surface area contributed by atoms with Gasteiger partial charge in [-0.05, 0) is 25.7 Å². The van der Waals surface area contributed by atoms with Gasteiger partial charge in [-0.25, -0.2) is 5.48 Å². The van der Waals surface area contributed by atoms with E-state index in [9.17, 15) is 9.59 Å². The Kier molecular flexibility index (Phi) is 5.03. The summed E-state index contributed by atoms with van der Waals surface area (Å²) < 4.78 is 5.25. The van der Waals surface area contributed by atoms with Gasteiger partial charge in [-0.15, -0.1) is 11.8 Å². The zero-order valence-electron chi connectivity index (χ0n) is 12.1. The van der Waals surface area contributed by atoms with E-state index in [1.807, 2.05) is 0 Å². The third-order valence-electron chi connectivity index (χ3n) is 4.42. The van der Waals surface area contributed by atoms with Gasteiger partial charge in [-0.3, -0.25) is 14.4 Å². The summed E-state index contributed by atoms with van der Waals surface area (Å²) in [7, 11) is 0. The highest BCUT2D eigenvalue weighted by Crippen LogP contribution is 2.32. The lowest BCUT2D eigenvalue weighted by Gasteiger charge is -2.31. The minimum Gasteiger partial charge on any atom is -0.381 e. The maximum absolute atomic E-state index is 12.3. The first-order valence-electron chi connectivity index (χ1n) is 7.67. The molecule has 2 saturated heterocycles. The Balaban J connectivity index is 1.49. The smallest absolute Gasteiger partial charge is 0.267 e. The summed E-state index contributed by atoms with van der Waals surface area (Å²) >= 11 is 1.63. The molecule has 0 aromatic carbocycles. The maximum Gasteiger partial charge on any atom is 0.267 e. The van der Waals surface area contributed by atoms with Crippen molar-refractivity contribution in [2.75, 3.05) is 24.8 Å². The molecule has 2 heterocycles. The highest BCUT2D eigenvalue weighted by atomic mass is 32.2. The molecule has 0 radical (unpaired) electrons. The molecule has 1 aliphatic carbocycles. The second-order valence-corrected chi connectivity index (χ2v) is 6.85. The van der Waals surface area contributed by atoms with Crippen molar-refractivity contribution < 1.29 is 19.2 Å². The number of ether oxygens (including phenoxy) is 1. The largest absolute Gasteiger partial charge is 0.381 e. The Morgan fingerprint density at radius 1 is 1.19 bits per heavy atom. The molecule has 3 rings (SSSR count). The maximum atomic E-state index is 12.3. The second kappa shape index (κ2) is 6.98. The van der Waals surface area contributed by atoms with Gasteiger partial charge in [0, 0.05) is 24.9 Å². The number of nitrogens with one attached hydrogen (secondary N) is 1. The van der Waals surface area contributed by atoms with Crippen LogP contribution in [0.15, 0.2) is 0 Å². The molecule has 2 aliphatic heterocycles. The zero-order valence-corrected chi connectivity index (χ0v) is 12.9. The predicted molar refractivity (Wildman–Crippen MR) is 78.4 cm³/mol. The molecular weight excluding hydrogens is 292 g/mol. The summed E-state index contributed by atoms with van der Waals surface area (Å²) in [5.74, 6) is 1.35. The van der Waals surface area contributed by atoms with Gasteiger partial charge in [-0.1, -0.05) is 6.42 Å². The highest BCUT2D eigenvalue weighted by molar-refractivity contribution is 7.99. The molecule has 1 atom stereocenters. The molecular formula is C14H22N2O4S. The normalized spacial score (nSPS) is 27.4. The van der Waals surface area contributed by atoms with Gasteiger partial charge in [0.2, 0.25) is 5.91 Å². The van der Waals surface area contributed by atoms with Crippen LogP contribution < -0.4 is 5.48 Å². The predicted octanol–water partition coefficient (Wildman–Crippen LogP) is 0.915. The molecule has 0 aromatic rings. The Morgan fingerprint density at radius 2 is 1.95 bits per heavy atom. The van der Waals surface area contributed by atoms with Gasteiger partial charge in [0.1, 0.15) is 6.04 Å². The first kappa shape index (κ1) is 15.1. The summed E-state index contributed by atoms with van der Waals surface area (Å²) in [6, 6.07) is -0.386. The summed E-state index contributed by atoms with van der Waals surface area (Å²) in [5, 5.41) is 0. The fraction of sp³-hybridized carbons (Fsp3) is 0.857.